The van der Waals surface area contributed by atoms with Crippen molar-refractivity contribution >= 4 is 23.1 Å². The maximum Gasteiger partial charge on any atom is 0.150 e. The zero-order chi connectivity index (χ0) is 16.4. The maximum atomic E-state index is 6.67. The summed E-state index contributed by atoms with van der Waals surface area (Å²) < 4.78 is 0. The van der Waals surface area contributed by atoms with Gasteiger partial charge in [0.1, 0.15) is 11.5 Å². The van der Waals surface area contributed by atoms with Gasteiger partial charge in [0.2, 0.25) is 0 Å². The Morgan fingerprint density at radius 3 is 2.65 bits per heavy atom. The van der Waals surface area contributed by atoms with Crippen molar-refractivity contribution < 1.29 is 0 Å². The zero-order valence-electron chi connectivity index (χ0n) is 13.5. The summed E-state index contributed by atoms with van der Waals surface area (Å²) in [6, 6.07) is 5.99. The Hall–Kier alpha value is -1.85. The average molecular weight is 332 g/mol. The minimum absolute atomic E-state index is 0.293. The first-order valence-corrected chi connectivity index (χ1v) is 8.32. The van der Waals surface area contributed by atoms with Crippen LogP contribution in [0.25, 0.3) is 11.3 Å². The Balaban J connectivity index is 2.00. The third kappa shape index (κ3) is 3.26. The molecule has 6 heteroatoms. The Morgan fingerprint density at radius 1 is 1.26 bits per heavy atom. The maximum absolute atomic E-state index is 6.67. The molecular formula is C17H22ClN5. The number of nitrogens with zero attached hydrogens (tertiary/aromatic N) is 3. The number of nitrogens with two attached hydrogens (primary N) is 1. The highest BCUT2D eigenvalue weighted by atomic mass is 35.5. The zero-order valence-corrected chi connectivity index (χ0v) is 14.3. The highest BCUT2D eigenvalue weighted by Crippen LogP contribution is 2.37. The predicted molar refractivity (Wildman–Crippen MR) is 96.1 cm³/mol. The number of piperazine rings is 1. The molecular weight excluding hydrogens is 310 g/mol. The number of nitrogens with one attached hydrogen (secondary N) is 1. The lowest BCUT2D eigenvalue weighted by Crippen LogP contribution is -2.43. The summed E-state index contributed by atoms with van der Waals surface area (Å²) in [5.41, 5.74) is 9.54. The van der Waals surface area contributed by atoms with Crippen molar-refractivity contribution in [3.63, 3.8) is 0 Å². The third-order valence-corrected chi connectivity index (χ3v) is 4.50. The van der Waals surface area contributed by atoms with Gasteiger partial charge in [0, 0.05) is 37.9 Å². The summed E-state index contributed by atoms with van der Waals surface area (Å²) in [5, 5.41) is 4.04. The Morgan fingerprint density at radius 2 is 2.00 bits per heavy atom. The van der Waals surface area contributed by atoms with Crippen molar-refractivity contribution in [1.29, 1.82) is 0 Å². The molecule has 0 spiro atoms. The van der Waals surface area contributed by atoms with Gasteiger partial charge in [-0.3, -0.25) is 4.98 Å². The minimum Gasteiger partial charge on any atom is -0.382 e. The second-order valence-electron chi connectivity index (χ2n) is 6.06. The monoisotopic (exact) mass is 331 g/mol. The fourth-order valence-corrected chi connectivity index (χ4v) is 3.09. The Kier molecular flexibility index (Phi) is 4.68. The summed E-state index contributed by atoms with van der Waals surface area (Å²) in [7, 11) is 0. The summed E-state index contributed by atoms with van der Waals surface area (Å²) in [5.74, 6) is 0.720. The van der Waals surface area contributed by atoms with Crippen LogP contribution in [-0.2, 0) is 0 Å². The summed E-state index contributed by atoms with van der Waals surface area (Å²) >= 11 is 6.67. The van der Waals surface area contributed by atoms with Crippen LogP contribution >= 0.6 is 11.6 Å². The van der Waals surface area contributed by atoms with Crippen molar-refractivity contribution in [3.05, 3.63) is 35.1 Å². The van der Waals surface area contributed by atoms with Crippen LogP contribution in [0.4, 0.5) is 11.5 Å². The number of hydrogen-bond acceptors (Lipinski definition) is 5. The van der Waals surface area contributed by atoms with Gasteiger partial charge in [0.15, 0.2) is 0 Å². The van der Waals surface area contributed by atoms with Crippen LogP contribution in [0, 0.1) is 0 Å². The fourth-order valence-electron chi connectivity index (χ4n) is 2.76. The van der Waals surface area contributed by atoms with Crippen molar-refractivity contribution in [1.82, 2.24) is 15.3 Å². The normalized spacial score (nSPS) is 15.2. The SMILES string of the molecule is CC(C)c1cnc(-c2cccc(N3CCNCC3)c2Cl)c(N)n1. The van der Waals surface area contributed by atoms with Gasteiger partial charge in [-0.1, -0.05) is 37.6 Å². The molecule has 3 N–H and O–H groups in total. The molecule has 0 amide bonds. The van der Waals surface area contributed by atoms with E-state index in [9.17, 15) is 0 Å². The fraction of sp³-hybridized carbons (Fsp3) is 0.412. The lowest BCUT2D eigenvalue weighted by molar-refractivity contribution is 0.589. The molecule has 1 aromatic carbocycles. The minimum atomic E-state index is 0.293. The van der Waals surface area contributed by atoms with Gasteiger partial charge < -0.3 is 16.0 Å². The standard InChI is InChI=1S/C17H22ClN5/c1-11(2)13-10-21-16(17(19)22-13)12-4-3-5-14(15(12)18)23-8-6-20-7-9-23/h3-5,10-11,20H,6-9H2,1-2H3,(H2,19,22). The van der Waals surface area contributed by atoms with Crippen LogP contribution in [0.1, 0.15) is 25.5 Å². The molecule has 23 heavy (non-hydrogen) atoms. The molecule has 3 rings (SSSR count). The molecule has 2 heterocycles. The molecule has 5 nitrogen and oxygen atoms in total. The van der Waals surface area contributed by atoms with Gasteiger partial charge in [0.25, 0.3) is 0 Å². The van der Waals surface area contributed by atoms with E-state index in [1.807, 2.05) is 18.2 Å². The van der Waals surface area contributed by atoms with E-state index >= 15 is 0 Å². The van der Waals surface area contributed by atoms with E-state index in [2.05, 4.69) is 34.0 Å². The van der Waals surface area contributed by atoms with E-state index in [0.717, 1.165) is 43.1 Å². The molecule has 1 aliphatic heterocycles. The first kappa shape index (κ1) is 16.0. The van der Waals surface area contributed by atoms with Crippen LogP contribution < -0.4 is 16.0 Å². The smallest absolute Gasteiger partial charge is 0.150 e. The van der Waals surface area contributed by atoms with Crippen LogP contribution in [-0.4, -0.2) is 36.1 Å². The second-order valence-corrected chi connectivity index (χ2v) is 6.44. The molecule has 0 atom stereocenters. The van der Waals surface area contributed by atoms with Crippen molar-refractivity contribution in [2.45, 2.75) is 19.8 Å². The Labute approximate surface area is 141 Å². The highest BCUT2D eigenvalue weighted by Gasteiger charge is 2.18. The Bertz CT molecular complexity index is 695. The van der Waals surface area contributed by atoms with Crippen molar-refractivity contribution in [3.8, 4) is 11.3 Å². The van der Waals surface area contributed by atoms with E-state index in [0.29, 0.717) is 22.5 Å². The predicted octanol–water partition coefficient (Wildman–Crippen LogP) is 2.91. The molecule has 0 aliphatic carbocycles. The van der Waals surface area contributed by atoms with Crippen molar-refractivity contribution in [2.24, 2.45) is 0 Å². The average Bonchev–Trinajstić information content (AvgIpc) is 2.56. The van der Waals surface area contributed by atoms with Gasteiger partial charge in [0.05, 0.1) is 16.4 Å². The molecule has 0 saturated carbocycles. The molecule has 1 saturated heterocycles. The number of benzene rings is 1. The van der Waals surface area contributed by atoms with Gasteiger partial charge >= 0.3 is 0 Å². The summed E-state index contributed by atoms with van der Waals surface area (Å²) in [6.45, 7) is 7.95. The summed E-state index contributed by atoms with van der Waals surface area (Å²) in [4.78, 5) is 11.3. The number of anilines is 2. The molecule has 122 valence electrons. The van der Waals surface area contributed by atoms with Crippen LogP contribution in [0.5, 0.6) is 0 Å². The molecule has 0 unspecified atom stereocenters. The van der Waals surface area contributed by atoms with E-state index in [1.165, 1.54) is 0 Å². The molecule has 0 radical (unpaired) electrons. The van der Waals surface area contributed by atoms with Crippen LogP contribution in [0.3, 0.4) is 0 Å². The number of nitrogen functional groups attached to an aromatic ring is 1. The lowest BCUT2D eigenvalue weighted by Gasteiger charge is -2.30. The van der Waals surface area contributed by atoms with E-state index in [-0.39, 0.29) is 0 Å². The van der Waals surface area contributed by atoms with Gasteiger partial charge in [-0.2, -0.15) is 0 Å². The van der Waals surface area contributed by atoms with Gasteiger partial charge in [-0.05, 0) is 12.0 Å². The van der Waals surface area contributed by atoms with Crippen molar-refractivity contribution in [2.75, 3.05) is 36.8 Å². The molecule has 0 bridgehead atoms. The van der Waals surface area contributed by atoms with Crippen LogP contribution in [0.2, 0.25) is 5.02 Å². The first-order chi connectivity index (χ1) is 11.1. The number of hydrogen-bond donors (Lipinski definition) is 2. The van der Waals surface area contributed by atoms with Crippen LogP contribution in [0.15, 0.2) is 24.4 Å². The van der Waals surface area contributed by atoms with Gasteiger partial charge in [-0.15, -0.1) is 0 Å². The number of halogens is 1. The second kappa shape index (κ2) is 6.72. The number of rotatable bonds is 3. The summed E-state index contributed by atoms with van der Waals surface area (Å²) in [6.07, 6.45) is 1.78. The quantitative estimate of drug-likeness (QED) is 0.905. The third-order valence-electron chi connectivity index (χ3n) is 4.10. The van der Waals surface area contributed by atoms with E-state index in [4.69, 9.17) is 17.3 Å². The van der Waals surface area contributed by atoms with E-state index in [1.54, 1.807) is 6.20 Å². The largest absolute Gasteiger partial charge is 0.382 e. The first-order valence-electron chi connectivity index (χ1n) is 7.95. The molecule has 1 aliphatic rings. The molecule has 2 aromatic rings. The van der Waals surface area contributed by atoms with Gasteiger partial charge in [-0.25, -0.2) is 4.98 Å². The number of aromatic nitrogens is 2. The molecule has 1 aromatic heterocycles. The lowest BCUT2D eigenvalue weighted by atomic mass is 10.1. The topological polar surface area (TPSA) is 67.1 Å². The highest BCUT2D eigenvalue weighted by molar-refractivity contribution is 6.36. The molecule has 1 fully saturated rings. The van der Waals surface area contributed by atoms with E-state index < -0.39 is 0 Å².